The van der Waals surface area contributed by atoms with E-state index in [1.165, 1.54) is 0 Å². The van der Waals surface area contributed by atoms with Crippen molar-refractivity contribution in [3.05, 3.63) is 46.6 Å². The van der Waals surface area contributed by atoms with E-state index in [4.69, 9.17) is 20.8 Å². The number of benzene rings is 1. The van der Waals surface area contributed by atoms with Crippen molar-refractivity contribution in [3.63, 3.8) is 0 Å². The smallest absolute Gasteiger partial charge is 0.276 e. The number of aromatic nitrogens is 1. The minimum Gasteiger partial charge on any atom is -0.490 e. The maximum absolute atomic E-state index is 12.5. The zero-order valence-corrected chi connectivity index (χ0v) is 14.0. The van der Waals surface area contributed by atoms with Gasteiger partial charge < -0.3 is 14.1 Å². The molecule has 0 N–H and O–H groups in total. The van der Waals surface area contributed by atoms with Crippen LogP contribution in [0.1, 0.15) is 35.0 Å². The molecule has 1 saturated heterocycles. The van der Waals surface area contributed by atoms with Gasteiger partial charge in [-0.1, -0.05) is 11.6 Å². The first-order chi connectivity index (χ1) is 11.0. The number of ether oxygens (including phenoxy) is 1. The van der Waals surface area contributed by atoms with E-state index < -0.39 is 0 Å². The van der Waals surface area contributed by atoms with Crippen molar-refractivity contribution >= 4 is 17.5 Å². The molecule has 1 aromatic carbocycles. The van der Waals surface area contributed by atoms with Gasteiger partial charge in [-0.3, -0.25) is 4.79 Å². The average Bonchev–Trinajstić information content (AvgIpc) is 2.88. The van der Waals surface area contributed by atoms with E-state index in [2.05, 4.69) is 4.98 Å². The molecule has 1 aliphatic heterocycles. The SMILES string of the molecule is Cc1nc(C(=O)N2CCC(Oc3ccc(Cl)cc3)CC2)c(C)o1. The third kappa shape index (κ3) is 3.67. The highest BCUT2D eigenvalue weighted by Crippen LogP contribution is 2.22. The number of hydrogen-bond acceptors (Lipinski definition) is 4. The first-order valence-electron chi connectivity index (χ1n) is 7.68. The summed E-state index contributed by atoms with van der Waals surface area (Å²) in [5.74, 6) is 1.84. The molecule has 122 valence electrons. The van der Waals surface area contributed by atoms with Gasteiger partial charge in [0.05, 0.1) is 0 Å². The molecule has 5 nitrogen and oxygen atoms in total. The first kappa shape index (κ1) is 15.9. The van der Waals surface area contributed by atoms with Gasteiger partial charge in [-0.25, -0.2) is 4.98 Å². The quantitative estimate of drug-likeness (QED) is 0.860. The summed E-state index contributed by atoms with van der Waals surface area (Å²) in [6.45, 7) is 4.82. The topological polar surface area (TPSA) is 55.6 Å². The van der Waals surface area contributed by atoms with Gasteiger partial charge in [0.15, 0.2) is 11.6 Å². The molecule has 3 rings (SSSR count). The lowest BCUT2D eigenvalue weighted by Crippen LogP contribution is -2.42. The maximum atomic E-state index is 12.5. The van der Waals surface area contributed by atoms with E-state index >= 15 is 0 Å². The summed E-state index contributed by atoms with van der Waals surface area (Å²) in [4.78, 5) is 18.5. The van der Waals surface area contributed by atoms with Crippen LogP contribution in [-0.4, -0.2) is 35.0 Å². The van der Waals surface area contributed by atoms with Crippen LogP contribution in [0.2, 0.25) is 5.02 Å². The Morgan fingerprint density at radius 1 is 1.26 bits per heavy atom. The normalized spacial score (nSPS) is 15.7. The summed E-state index contributed by atoms with van der Waals surface area (Å²) in [7, 11) is 0. The molecule has 0 aliphatic carbocycles. The number of oxazole rings is 1. The Labute approximate surface area is 140 Å². The van der Waals surface area contributed by atoms with Crippen molar-refractivity contribution in [2.45, 2.75) is 32.8 Å². The minimum atomic E-state index is -0.0655. The molecule has 2 heterocycles. The highest BCUT2D eigenvalue weighted by Gasteiger charge is 2.27. The van der Waals surface area contributed by atoms with Crippen LogP contribution in [0.3, 0.4) is 0 Å². The molecule has 0 bridgehead atoms. The Balaban J connectivity index is 1.57. The molecule has 0 unspecified atom stereocenters. The average molecular weight is 335 g/mol. The van der Waals surface area contributed by atoms with Crippen molar-refractivity contribution < 1.29 is 13.9 Å². The lowest BCUT2D eigenvalue weighted by Gasteiger charge is -2.31. The predicted molar refractivity (Wildman–Crippen MR) is 87.0 cm³/mol. The van der Waals surface area contributed by atoms with E-state index in [1.54, 1.807) is 13.8 Å². The molecule has 2 aromatic rings. The molecule has 1 fully saturated rings. The van der Waals surface area contributed by atoms with Crippen molar-refractivity contribution in [1.82, 2.24) is 9.88 Å². The molecular weight excluding hydrogens is 316 g/mol. The molecule has 0 atom stereocenters. The molecule has 6 heteroatoms. The van der Waals surface area contributed by atoms with Crippen LogP contribution in [0.15, 0.2) is 28.7 Å². The highest BCUT2D eigenvalue weighted by atomic mass is 35.5. The Bertz CT molecular complexity index is 688. The summed E-state index contributed by atoms with van der Waals surface area (Å²) < 4.78 is 11.3. The van der Waals surface area contributed by atoms with Crippen LogP contribution in [0.4, 0.5) is 0 Å². The number of rotatable bonds is 3. The number of carbonyl (C=O) groups is 1. The second-order valence-electron chi connectivity index (χ2n) is 5.70. The minimum absolute atomic E-state index is 0.0655. The molecule has 0 radical (unpaired) electrons. The van der Waals surface area contributed by atoms with Gasteiger partial charge in [0.2, 0.25) is 0 Å². The van der Waals surface area contributed by atoms with Crippen molar-refractivity contribution in [3.8, 4) is 5.75 Å². The van der Waals surface area contributed by atoms with Gasteiger partial charge in [-0.05, 0) is 31.2 Å². The largest absolute Gasteiger partial charge is 0.490 e. The van der Waals surface area contributed by atoms with Crippen LogP contribution < -0.4 is 4.74 Å². The van der Waals surface area contributed by atoms with E-state index in [9.17, 15) is 4.79 Å². The highest BCUT2D eigenvalue weighted by molar-refractivity contribution is 6.30. The van der Waals surface area contributed by atoms with Gasteiger partial charge in [0.1, 0.15) is 17.6 Å². The number of piperidine rings is 1. The molecule has 1 amide bonds. The number of amides is 1. The zero-order chi connectivity index (χ0) is 16.4. The Hall–Kier alpha value is -2.01. The molecule has 1 aromatic heterocycles. The summed E-state index contributed by atoms with van der Waals surface area (Å²) in [6, 6.07) is 7.35. The Morgan fingerprint density at radius 3 is 2.48 bits per heavy atom. The number of aryl methyl sites for hydroxylation is 2. The molecular formula is C17H19ClN2O3. The number of halogens is 1. The van der Waals surface area contributed by atoms with Gasteiger partial charge in [-0.15, -0.1) is 0 Å². The van der Waals surface area contributed by atoms with Crippen LogP contribution in [0.25, 0.3) is 0 Å². The monoisotopic (exact) mass is 334 g/mol. The van der Waals surface area contributed by atoms with Crippen LogP contribution in [0, 0.1) is 13.8 Å². The van der Waals surface area contributed by atoms with Crippen LogP contribution >= 0.6 is 11.6 Å². The van der Waals surface area contributed by atoms with Gasteiger partial charge >= 0.3 is 0 Å². The summed E-state index contributed by atoms with van der Waals surface area (Å²) in [5, 5.41) is 0.691. The fraction of sp³-hybridized carbons (Fsp3) is 0.412. The fourth-order valence-electron chi connectivity index (χ4n) is 2.76. The molecule has 0 spiro atoms. The van der Waals surface area contributed by atoms with Gasteiger partial charge in [0.25, 0.3) is 5.91 Å². The fourth-order valence-corrected chi connectivity index (χ4v) is 2.89. The van der Waals surface area contributed by atoms with Crippen molar-refractivity contribution in [2.75, 3.05) is 13.1 Å². The predicted octanol–water partition coefficient (Wildman–Crippen LogP) is 3.63. The Morgan fingerprint density at radius 2 is 1.91 bits per heavy atom. The third-order valence-electron chi connectivity index (χ3n) is 3.95. The van der Waals surface area contributed by atoms with E-state index in [0.29, 0.717) is 35.5 Å². The zero-order valence-electron chi connectivity index (χ0n) is 13.2. The van der Waals surface area contributed by atoms with E-state index in [0.717, 1.165) is 18.6 Å². The van der Waals surface area contributed by atoms with Gasteiger partial charge in [-0.2, -0.15) is 0 Å². The van der Waals surface area contributed by atoms with E-state index in [-0.39, 0.29) is 12.0 Å². The standard InChI is InChI=1S/C17H19ClN2O3/c1-11-16(19-12(2)22-11)17(21)20-9-7-15(8-10-20)23-14-5-3-13(18)4-6-14/h3-6,15H,7-10H2,1-2H3. The second-order valence-corrected chi connectivity index (χ2v) is 6.14. The number of carbonyl (C=O) groups excluding carboxylic acids is 1. The maximum Gasteiger partial charge on any atom is 0.276 e. The molecule has 0 saturated carbocycles. The summed E-state index contributed by atoms with van der Waals surface area (Å²) in [5.41, 5.74) is 0.416. The van der Waals surface area contributed by atoms with Crippen LogP contribution in [0.5, 0.6) is 5.75 Å². The lowest BCUT2D eigenvalue weighted by atomic mass is 10.1. The lowest BCUT2D eigenvalue weighted by molar-refractivity contribution is 0.0589. The number of likely N-dealkylation sites (tertiary alicyclic amines) is 1. The molecule has 23 heavy (non-hydrogen) atoms. The summed E-state index contributed by atoms with van der Waals surface area (Å²) >= 11 is 5.87. The summed E-state index contributed by atoms with van der Waals surface area (Å²) in [6.07, 6.45) is 1.70. The molecule has 1 aliphatic rings. The first-order valence-corrected chi connectivity index (χ1v) is 8.06. The number of nitrogens with zero attached hydrogens (tertiary/aromatic N) is 2. The Kier molecular flexibility index (Phi) is 4.57. The van der Waals surface area contributed by atoms with Crippen molar-refractivity contribution in [2.24, 2.45) is 0 Å². The van der Waals surface area contributed by atoms with Crippen LogP contribution in [-0.2, 0) is 0 Å². The number of hydrogen-bond donors (Lipinski definition) is 0. The van der Waals surface area contributed by atoms with Crippen molar-refractivity contribution in [1.29, 1.82) is 0 Å². The van der Waals surface area contributed by atoms with Gasteiger partial charge in [0, 0.05) is 37.9 Å². The van der Waals surface area contributed by atoms with E-state index in [1.807, 2.05) is 29.2 Å². The third-order valence-corrected chi connectivity index (χ3v) is 4.20. The second kappa shape index (κ2) is 6.62.